The summed E-state index contributed by atoms with van der Waals surface area (Å²) in [7, 11) is -3.50. The normalized spacial score (nSPS) is 14.7. The highest BCUT2D eigenvalue weighted by atomic mass is 32.2. The Morgan fingerprint density at radius 1 is 1.17 bits per heavy atom. The first-order valence-electron chi connectivity index (χ1n) is 9.90. The Hall–Kier alpha value is -2.56. The number of anilines is 1. The molecule has 0 spiro atoms. The number of carbonyl (C=O) groups excluding carboxylic acids is 1. The zero-order valence-electron chi connectivity index (χ0n) is 17.3. The predicted octanol–water partition coefficient (Wildman–Crippen LogP) is 1.34. The summed E-state index contributed by atoms with van der Waals surface area (Å²) in [6.07, 6.45) is 5.73. The minimum atomic E-state index is -3.50. The van der Waals surface area contributed by atoms with E-state index in [0.29, 0.717) is 11.6 Å². The van der Waals surface area contributed by atoms with E-state index in [4.69, 9.17) is 5.84 Å². The van der Waals surface area contributed by atoms with Crippen molar-refractivity contribution in [2.75, 3.05) is 24.2 Å². The fraction of sp³-hybridized carbons (Fsp3) is 0.450. The number of nitrogens with zero attached hydrogens (tertiary/aromatic N) is 4. The van der Waals surface area contributed by atoms with Crippen LogP contribution in [0.3, 0.4) is 0 Å². The monoisotopic (exact) mass is 432 g/mol. The first kappa shape index (κ1) is 22.1. The third kappa shape index (κ3) is 5.53. The van der Waals surface area contributed by atoms with E-state index < -0.39 is 15.9 Å². The standard InChI is InChI=1S/C20H28N6O3S/c1-15-6-8-16(9-7-15)13-26(30(2,28)29)14-18-22-12-17(20(27)24-21)19(23-18)25-10-4-3-5-11-25/h6-9,12H,3-5,10-11,13-14,21H2,1-2H3,(H,24,27). The van der Waals surface area contributed by atoms with E-state index in [1.807, 2.05) is 36.1 Å². The number of nitrogens with two attached hydrogens (primary N) is 1. The van der Waals surface area contributed by atoms with Crippen LogP contribution in [0.15, 0.2) is 30.5 Å². The topological polar surface area (TPSA) is 122 Å². The zero-order chi connectivity index (χ0) is 21.7. The predicted molar refractivity (Wildman–Crippen MR) is 115 cm³/mol. The molecule has 1 aliphatic heterocycles. The molecule has 3 N–H and O–H groups in total. The molecule has 0 aliphatic carbocycles. The van der Waals surface area contributed by atoms with E-state index in [-0.39, 0.29) is 18.7 Å². The van der Waals surface area contributed by atoms with Gasteiger partial charge in [-0.25, -0.2) is 24.2 Å². The Labute approximate surface area is 177 Å². The van der Waals surface area contributed by atoms with Crippen molar-refractivity contribution in [3.8, 4) is 0 Å². The van der Waals surface area contributed by atoms with E-state index in [2.05, 4.69) is 15.4 Å². The molecule has 1 aromatic carbocycles. The van der Waals surface area contributed by atoms with Crippen LogP contribution in [0, 0.1) is 6.92 Å². The average molecular weight is 433 g/mol. The summed E-state index contributed by atoms with van der Waals surface area (Å²) in [5.74, 6) is 5.67. The van der Waals surface area contributed by atoms with E-state index in [9.17, 15) is 13.2 Å². The molecule has 0 bridgehead atoms. The molecule has 0 unspecified atom stereocenters. The number of hydrogen-bond acceptors (Lipinski definition) is 7. The maximum atomic E-state index is 12.4. The largest absolute Gasteiger partial charge is 0.356 e. The van der Waals surface area contributed by atoms with Gasteiger partial charge in [-0.3, -0.25) is 10.2 Å². The Morgan fingerprint density at radius 3 is 2.43 bits per heavy atom. The Bertz CT molecular complexity index is 988. The SMILES string of the molecule is Cc1ccc(CN(Cc2ncc(C(=O)NN)c(N3CCCCC3)n2)S(C)(=O)=O)cc1. The molecule has 1 aromatic heterocycles. The highest BCUT2D eigenvalue weighted by Gasteiger charge is 2.24. The van der Waals surface area contributed by atoms with Gasteiger partial charge in [0.25, 0.3) is 5.91 Å². The number of sulfonamides is 1. The summed E-state index contributed by atoms with van der Waals surface area (Å²) in [4.78, 5) is 23.0. The van der Waals surface area contributed by atoms with Crippen molar-refractivity contribution in [2.45, 2.75) is 39.3 Å². The van der Waals surface area contributed by atoms with Crippen LogP contribution in [0.25, 0.3) is 0 Å². The van der Waals surface area contributed by atoms with Gasteiger partial charge in [0.05, 0.1) is 12.8 Å². The van der Waals surface area contributed by atoms with Crippen molar-refractivity contribution in [1.29, 1.82) is 0 Å². The van der Waals surface area contributed by atoms with Crippen molar-refractivity contribution in [3.63, 3.8) is 0 Å². The Morgan fingerprint density at radius 2 is 1.83 bits per heavy atom. The summed E-state index contributed by atoms with van der Waals surface area (Å²) in [5.41, 5.74) is 4.40. The van der Waals surface area contributed by atoms with Gasteiger partial charge in [-0.05, 0) is 31.7 Å². The van der Waals surface area contributed by atoms with Gasteiger partial charge in [-0.15, -0.1) is 0 Å². The van der Waals surface area contributed by atoms with Crippen LogP contribution < -0.4 is 16.2 Å². The van der Waals surface area contributed by atoms with Crippen LogP contribution in [-0.2, 0) is 23.1 Å². The van der Waals surface area contributed by atoms with Gasteiger partial charge in [0.1, 0.15) is 17.2 Å². The summed E-state index contributed by atoms with van der Waals surface area (Å²) < 4.78 is 26.1. The molecule has 30 heavy (non-hydrogen) atoms. The molecule has 162 valence electrons. The molecule has 1 saturated heterocycles. The van der Waals surface area contributed by atoms with E-state index >= 15 is 0 Å². The molecule has 0 radical (unpaired) electrons. The van der Waals surface area contributed by atoms with Gasteiger partial charge >= 0.3 is 0 Å². The first-order chi connectivity index (χ1) is 14.3. The molecule has 9 nitrogen and oxygen atoms in total. The van der Waals surface area contributed by atoms with Crippen LogP contribution in [0.5, 0.6) is 0 Å². The highest BCUT2D eigenvalue weighted by molar-refractivity contribution is 7.88. The lowest BCUT2D eigenvalue weighted by Gasteiger charge is -2.29. The number of aryl methyl sites for hydroxylation is 1. The number of amides is 1. The van der Waals surface area contributed by atoms with Gasteiger partial charge in [0.15, 0.2) is 0 Å². The lowest BCUT2D eigenvalue weighted by Crippen LogP contribution is -2.36. The van der Waals surface area contributed by atoms with Crippen LogP contribution in [0.2, 0.25) is 0 Å². The number of carbonyl (C=O) groups is 1. The maximum Gasteiger partial charge on any atom is 0.270 e. The van der Waals surface area contributed by atoms with Crippen molar-refractivity contribution in [1.82, 2.24) is 19.7 Å². The van der Waals surface area contributed by atoms with E-state index in [1.165, 1.54) is 16.8 Å². The number of rotatable bonds is 7. The summed E-state index contributed by atoms with van der Waals surface area (Å²) in [5, 5.41) is 0. The lowest BCUT2D eigenvalue weighted by atomic mass is 10.1. The number of nitrogens with one attached hydrogen (secondary N) is 1. The smallest absolute Gasteiger partial charge is 0.270 e. The fourth-order valence-corrected chi connectivity index (χ4v) is 4.15. The molecule has 3 rings (SSSR count). The Kier molecular flexibility index (Phi) is 7.01. The minimum absolute atomic E-state index is 0.0120. The zero-order valence-corrected chi connectivity index (χ0v) is 18.2. The number of piperidine rings is 1. The minimum Gasteiger partial charge on any atom is -0.356 e. The molecule has 0 atom stereocenters. The molecule has 1 fully saturated rings. The molecular weight excluding hydrogens is 404 g/mol. The van der Waals surface area contributed by atoms with Crippen molar-refractivity contribution >= 4 is 21.7 Å². The van der Waals surface area contributed by atoms with Crippen molar-refractivity contribution in [3.05, 3.63) is 53.0 Å². The van der Waals surface area contributed by atoms with Crippen molar-refractivity contribution < 1.29 is 13.2 Å². The second kappa shape index (κ2) is 9.50. The number of aromatic nitrogens is 2. The molecule has 2 heterocycles. The van der Waals surface area contributed by atoms with Gasteiger partial charge in [0, 0.05) is 25.8 Å². The van der Waals surface area contributed by atoms with Gasteiger partial charge in [-0.2, -0.15) is 4.31 Å². The van der Waals surface area contributed by atoms with Gasteiger partial charge in [0.2, 0.25) is 10.0 Å². The van der Waals surface area contributed by atoms with Crippen LogP contribution in [-0.4, -0.2) is 47.9 Å². The van der Waals surface area contributed by atoms with Gasteiger partial charge in [-0.1, -0.05) is 29.8 Å². The average Bonchev–Trinajstić information content (AvgIpc) is 2.74. The Balaban J connectivity index is 1.90. The number of hydrogen-bond donors (Lipinski definition) is 2. The molecular formula is C20H28N6O3S. The van der Waals surface area contributed by atoms with Crippen LogP contribution in [0.4, 0.5) is 5.82 Å². The van der Waals surface area contributed by atoms with Crippen LogP contribution >= 0.6 is 0 Å². The summed E-state index contributed by atoms with van der Waals surface area (Å²) >= 11 is 0. The summed E-state index contributed by atoms with van der Waals surface area (Å²) in [6.45, 7) is 3.76. The second-order valence-corrected chi connectivity index (χ2v) is 9.54. The highest BCUT2D eigenvalue weighted by Crippen LogP contribution is 2.23. The molecule has 1 aliphatic rings. The lowest BCUT2D eigenvalue weighted by molar-refractivity contribution is 0.0953. The van der Waals surface area contributed by atoms with Crippen molar-refractivity contribution in [2.24, 2.45) is 5.84 Å². The first-order valence-corrected chi connectivity index (χ1v) is 11.7. The second-order valence-electron chi connectivity index (χ2n) is 7.56. The number of hydrazine groups is 1. The number of benzene rings is 1. The number of nitrogen functional groups attached to an aromatic ring is 1. The molecule has 2 aromatic rings. The maximum absolute atomic E-state index is 12.4. The third-order valence-corrected chi connectivity index (χ3v) is 6.31. The third-order valence-electron chi connectivity index (χ3n) is 5.12. The van der Waals surface area contributed by atoms with E-state index in [1.54, 1.807) is 0 Å². The molecule has 0 saturated carbocycles. The quantitative estimate of drug-likeness (QED) is 0.385. The fourth-order valence-electron chi connectivity index (χ4n) is 3.41. The summed E-state index contributed by atoms with van der Waals surface area (Å²) in [6, 6.07) is 7.70. The molecule has 1 amide bonds. The molecule has 10 heteroatoms. The van der Waals surface area contributed by atoms with Crippen LogP contribution in [0.1, 0.15) is 46.6 Å². The van der Waals surface area contributed by atoms with E-state index in [0.717, 1.165) is 43.5 Å². The van der Waals surface area contributed by atoms with Gasteiger partial charge < -0.3 is 4.90 Å².